The average molecular weight is 543 g/mol. The van der Waals surface area contributed by atoms with Gasteiger partial charge in [-0.25, -0.2) is 19.9 Å². The van der Waals surface area contributed by atoms with Crippen LogP contribution >= 0.6 is 11.3 Å². The first kappa shape index (κ1) is 23.6. The predicted octanol–water partition coefficient (Wildman–Crippen LogP) is 9.46. The van der Waals surface area contributed by atoms with Crippen molar-refractivity contribution in [2.75, 3.05) is 0 Å². The molecule has 0 amide bonds. The van der Waals surface area contributed by atoms with Gasteiger partial charge in [0.25, 0.3) is 0 Å². The second kappa shape index (κ2) is 9.73. The molecule has 192 valence electrons. The number of thiophene rings is 1. The number of aromatic nitrogens is 4. The van der Waals surface area contributed by atoms with Gasteiger partial charge in [0, 0.05) is 39.2 Å². The van der Waals surface area contributed by atoms with Crippen LogP contribution in [0.1, 0.15) is 0 Å². The fraction of sp³-hybridized carbons (Fsp3) is 0. The smallest absolute Gasteiger partial charge is 0.160 e. The normalized spacial score (nSPS) is 11.4. The van der Waals surface area contributed by atoms with Crippen molar-refractivity contribution in [3.63, 3.8) is 0 Å². The SMILES string of the molecule is c1ccc(-c2nc(-c3ccccc3)c3sc4ncc(-c5ccc(-c6ccc7ccccc7n6)cc5)cc4c3n2)cc1. The van der Waals surface area contributed by atoms with Gasteiger partial charge in [-0.1, -0.05) is 109 Å². The van der Waals surface area contributed by atoms with Gasteiger partial charge < -0.3 is 0 Å². The van der Waals surface area contributed by atoms with Crippen molar-refractivity contribution in [1.29, 1.82) is 0 Å². The Balaban J connectivity index is 1.25. The van der Waals surface area contributed by atoms with E-state index in [0.29, 0.717) is 5.82 Å². The molecule has 0 unspecified atom stereocenters. The summed E-state index contributed by atoms with van der Waals surface area (Å²) in [4.78, 5) is 20.8. The van der Waals surface area contributed by atoms with Crippen molar-refractivity contribution in [2.45, 2.75) is 0 Å². The van der Waals surface area contributed by atoms with Gasteiger partial charge >= 0.3 is 0 Å². The van der Waals surface area contributed by atoms with Crippen LogP contribution in [0.4, 0.5) is 0 Å². The lowest BCUT2D eigenvalue weighted by Crippen LogP contribution is -1.93. The summed E-state index contributed by atoms with van der Waals surface area (Å²) >= 11 is 1.65. The quantitative estimate of drug-likeness (QED) is 0.222. The Morgan fingerprint density at radius 3 is 2.02 bits per heavy atom. The van der Waals surface area contributed by atoms with Gasteiger partial charge in [-0.15, -0.1) is 11.3 Å². The zero-order valence-electron chi connectivity index (χ0n) is 21.9. The molecule has 5 heteroatoms. The van der Waals surface area contributed by atoms with Gasteiger partial charge in [-0.3, -0.25) is 0 Å². The molecule has 0 aliphatic carbocycles. The lowest BCUT2D eigenvalue weighted by atomic mass is 10.0. The van der Waals surface area contributed by atoms with E-state index in [0.717, 1.165) is 70.5 Å². The first-order chi connectivity index (χ1) is 20.3. The number of para-hydroxylation sites is 1. The summed E-state index contributed by atoms with van der Waals surface area (Å²) in [6, 6.07) is 43.7. The molecule has 0 radical (unpaired) electrons. The van der Waals surface area contributed by atoms with Crippen LogP contribution in [0.2, 0.25) is 0 Å². The molecule has 8 rings (SSSR count). The monoisotopic (exact) mass is 542 g/mol. The molecule has 0 fully saturated rings. The number of fused-ring (bicyclic) bond motifs is 4. The minimum absolute atomic E-state index is 0.717. The molecule has 4 nitrogen and oxygen atoms in total. The summed E-state index contributed by atoms with van der Waals surface area (Å²) in [5, 5.41) is 2.18. The summed E-state index contributed by atoms with van der Waals surface area (Å²) in [6.07, 6.45) is 1.95. The van der Waals surface area contributed by atoms with E-state index in [9.17, 15) is 0 Å². The molecule has 4 aromatic heterocycles. The summed E-state index contributed by atoms with van der Waals surface area (Å²) in [7, 11) is 0. The number of hydrogen-bond donors (Lipinski definition) is 0. The second-order valence-corrected chi connectivity index (χ2v) is 10.9. The van der Waals surface area contributed by atoms with E-state index >= 15 is 0 Å². The van der Waals surface area contributed by atoms with Crippen molar-refractivity contribution in [3.05, 3.63) is 134 Å². The van der Waals surface area contributed by atoms with E-state index in [-0.39, 0.29) is 0 Å². The third kappa shape index (κ3) is 4.24. The summed E-state index contributed by atoms with van der Waals surface area (Å²) in [6.45, 7) is 0. The number of rotatable bonds is 4. The predicted molar refractivity (Wildman–Crippen MR) is 170 cm³/mol. The molecule has 0 bridgehead atoms. The first-order valence-electron chi connectivity index (χ1n) is 13.5. The summed E-state index contributed by atoms with van der Waals surface area (Å²) in [5.41, 5.74) is 9.14. The Kier molecular flexibility index (Phi) is 5.61. The minimum Gasteiger partial charge on any atom is -0.248 e. The van der Waals surface area contributed by atoms with Crippen LogP contribution in [-0.2, 0) is 0 Å². The van der Waals surface area contributed by atoms with E-state index < -0.39 is 0 Å². The number of nitrogens with zero attached hydrogens (tertiary/aromatic N) is 4. The number of hydrogen-bond acceptors (Lipinski definition) is 5. The van der Waals surface area contributed by atoms with Crippen molar-refractivity contribution in [3.8, 4) is 45.0 Å². The third-order valence-corrected chi connectivity index (χ3v) is 8.47. The van der Waals surface area contributed by atoms with Crippen LogP contribution in [-0.4, -0.2) is 19.9 Å². The molecule has 0 saturated heterocycles. The highest BCUT2D eigenvalue weighted by molar-refractivity contribution is 7.25. The lowest BCUT2D eigenvalue weighted by molar-refractivity contribution is 1.24. The maximum absolute atomic E-state index is 5.08. The van der Waals surface area contributed by atoms with Crippen LogP contribution in [0.3, 0.4) is 0 Å². The van der Waals surface area contributed by atoms with Crippen molar-refractivity contribution < 1.29 is 0 Å². The topological polar surface area (TPSA) is 51.6 Å². The molecular weight excluding hydrogens is 520 g/mol. The summed E-state index contributed by atoms with van der Waals surface area (Å²) in [5.74, 6) is 0.717. The van der Waals surface area contributed by atoms with Crippen LogP contribution in [0.5, 0.6) is 0 Å². The minimum atomic E-state index is 0.717. The molecule has 0 saturated carbocycles. The van der Waals surface area contributed by atoms with E-state index in [1.807, 2.05) is 54.7 Å². The number of benzene rings is 4. The van der Waals surface area contributed by atoms with E-state index in [4.69, 9.17) is 19.9 Å². The highest BCUT2D eigenvalue weighted by Crippen LogP contribution is 2.40. The van der Waals surface area contributed by atoms with Crippen LogP contribution in [0.25, 0.3) is 76.4 Å². The first-order valence-corrected chi connectivity index (χ1v) is 14.3. The van der Waals surface area contributed by atoms with Gasteiger partial charge in [-0.2, -0.15) is 0 Å². The maximum atomic E-state index is 5.08. The average Bonchev–Trinajstić information content (AvgIpc) is 3.43. The highest BCUT2D eigenvalue weighted by Gasteiger charge is 2.18. The molecule has 4 heterocycles. The van der Waals surface area contributed by atoms with Gasteiger partial charge in [0.05, 0.1) is 27.1 Å². The van der Waals surface area contributed by atoms with Gasteiger partial charge in [0.15, 0.2) is 5.82 Å². The molecule has 0 N–H and O–H groups in total. The van der Waals surface area contributed by atoms with Gasteiger partial charge in [-0.05, 0) is 23.8 Å². The van der Waals surface area contributed by atoms with E-state index in [1.54, 1.807) is 11.3 Å². The lowest BCUT2D eigenvalue weighted by Gasteiger charge is -2.07. The fourth-order valence-electron chi connectivity index (χ4n) is 5.26. The highest BCUT2D eigenvalue weighted by atomic mass is 32.1. The Morgan fingerprint density at radius 1 is 0.512 bits per heavy atom. The Bertz CT molecular complexity index is 2190. The van der Waals surface area contributed by atoms with Crippen molar-refractivity contribution in [2.24, 2.45) is 0 Å². The third-order valence-electron chi connectivity index (χ3n) is 7.36. The molecule has 0 atom stereocenters. The molecule has 0 aliphatic rings. The zero-order valence-corrected chi connectivity index (χ0v) is 22.7. The maximum Gasteiger partial charge on any atom is 0.160 e. The largest absolute Gasteiger partial charge is 0.248 e. The van der Waals surface area contributed by atoms with Gasteiger partial charge in [0.2, 0.25) is 0 Å². The Labute approximate surface area is 240 Å². The molecule has 4 aromatic carbocycles. The Hall–Kier alpha value is -5.26. The summed E-state index contributed by atoms with van der Waals surface area (Å²) < 4.78 is 1.05. The van der Waals surface area contributed by atoms with E-state index in [1.165, 1.54) is 0 Å². The van der Waals surface area contributed by atoms with Crippen LogP contribution in [0.15, 0.2) is 134 Å². The van der Waals surface area contributed by atoms with Gasteiger partial charge in [0.1, 0.15) is 4.83 Å². The molecule has 0 spiro atoms. The molecular formula is C36H22N4S. The molecule has 41 heavy (non-hydrogen) atoms. The van der Waals surface area contributed by atoms with Crippen molar-refractivity contribution in [1.82, 2.24) is 19.9 Å². The number of pyridine rings is 2. The van der Waals surface area contributed by atoms with Crippen LogP contribution < -0.4 is 0 Å². The molecule has 8 aromatic rings. The molecule has 0 aliphatic heterocycles. The van der Waals surface area contributed by atoms with Crippen molar-refractivity contribution >= 4 is 42.7 Å². The van der Waals surface area contributed by atoms with Crippen LogP contribution in [0, 0.1) is 0 Å². The van der Waals surface area contributed by atoms with E-state index in [2.05, 4.69) is 78.9 Å². The fourth-order valence-corrected chi connectivity index (χ4v) is 6.33. The zero-order chi connectivity index (χ0) is 27.2. The second-order valence-electron chi connectivity index (χ2n) is 9.95. The Morgan fingerprint density at radius 2 is 1.22 bits per heavy atom. The standard InChI is InChI=1S/C36H22N4S/c1-3-10-26(11-4-1)32-34-33(40-35(39-32)27-12-5-2-6-13-27)29-21-28(22-37-36(29)41-34)23-15-17-25(18-16-23)31-20-19-24-9-7-8-14-30(24)38-31/h1-22H.